The fourth-order valence-electron chi connectivity index (χ4n) is 3.83. The molecule has 1 saturated heterocycles. The predicted molar refractivity (Wildman–Crippen MR) is 138 cm³/mol. The number of urea groups is 1. The summed E-state index contributed by atoms with van der Waals surface area (Å²) in [5.41, 5.74) is 2.68. The minimum Gasteiger partial charge on any atom is -0.497 e. The number of methoxy groups -OCH3 is 1. The average molecular weight is 503 g/mol. The normalized spacial score (nSPS) is 13.5. The molecular weight excluding hydrogens is 476 g/mol. The lowest BCUT2D eigenvalue weighted by Crippen LogP contribution is -2.43. The molecule has 1 aromatic heterocycles. The Bertz CT molecular complexity index is 1250. The smallest absolute Gasteiger partial charge is 0.321 e. The molecular formula is C27H26N4O4S. The molecule has 1 aliphatic rings. The summed E-state index contributed by atoms with van der Waals surface area (Å²) in [6, 6.07) is 22.2. The van der Waals surface area contributed by atoms with Crippen LogP contribution >= 0.6 is 11.8 Å². The van der Waals surface area contributed by atoms with Crippen molar-refractivity contribution in [1.82, 2.24) is 9.88 Å². The number of esters is 1. The first kappa shape index (κ1) is 25.1. The number of thioether (sulfide) groups is 1. The number of carbonyl (C=O) groups excluding carboxylic acids is 2. The number of hydrogen-bond acceptors (Lipinski definition) is 7. The number of hydrogen-bond donors (Lipinski definition) is 1. The van der Waals surface area contributed by atoms with E-state index in [0.29, 0.717) is 48.0 Å². The highest BCUT2D eigenvalue weighted by atomic mass is 32.2. The van der Waals surface area contributed by atoms with Gasteiger partial charge in [-0.05, 0) is 36.4 Å². The second kappa shape index (κ2) is 12.1. The monoisotopic (exact) mass is 502 g/mol. The van der Waals surface area contributed by atoms with E-state index in [1.54, 1.807) is 24.1 Å². The van der Waals surface area contributed by atoms with Crippen LogP contribution in [0.2, 0.25) is 0 Å². The minimum atomic E-state index is -0.371. The molecule has 0 bridgehead atoms. The highest BCUT2D eigenvalue weighted by Crippen LogP contribution is 2.27. The Labute approximate surface area is 214 Å². The third-order valence-electron chi connectivity index (χ3n) is 5.73. The topological polar surface area (TPSA) is 105 Å². The molecule has 2 amide bonds. The highest BCUT2D eigenvalue weighted by Gasteiger charge is 2.25. The van der Waals surface area contributed by atoms with E-state index in [-0.39, 0.29) is 23.9 Å². The third-order valence-corrected chi connectivity index (χ3v) is 6.69. The van der Waals surface area contributed by atoms with Gasteiger partial charge < -0.3 is 19.7 Å². The van der Waals surface area contributed by atoms with Crippen LogP contribution in [-0.2, 0) is 9.53 Å². The van der Waals surface area contributed by atoms with Crippen LogP contribution in [0.1, 0.15) is 18.4 Å². The summed E-state index contributed by atoms with van der Waals surface area (Å²) in [5.74, 6) is 0.377. The molecule has 3 aromatic rings. The van der Waals surface area contributed by atoms with Crippen molar-refractivity contribution in [3.8, 4) is 23.1 Å². The standard InChI is InChI=1S/C27H26N4O4S/c1-34-23-9-5-6-19(16-23)24-11-10-20(17-28)26(30-24)36-18-25(32)35-22-12-14-31(15-13-22)27(33)29-21-7-3-2-4-8-21/h2-11,16,22H,12-15,18H2,1H3,(H,29,33). The lowest BCUT2D eigenvalue weighted by molar-refractivity contribution is -0.147. The van der Waals surface area contributed by atoms with Gasteiger partial charge in [0, 0.05) is 37.2 Å². The van der Waals surface area contributed by atoms with Crippen molar-refractivity contribution < 1.29 is 19.1 Å². The summed E-state index contributed by atoms with van der Waals surface area (Å²) in [6.07, 6.45) is 0.905. The quantitative estimate of drug-likeness (QED) is 0.360. The molecule has 1 N–H and O–H groups in total. The number of carbonyl (C=O) groups is 2. The Balaban J connectivity index is 1.28. The van der Waals surface area contributed by atoms with Crippen LogP contribution in [0.5, 0.6) is 5.75 Å². The van der Waals surface area contributed by atoms with E-state index in [4.69, 9.17) is 9.47 Å². The van der Waals surface area contributed by atoms with E-state index >= 15 is 0 Å². The number of nitrogens with zero attached hydrogens (tertiary/aromatic N) is 3. The summed E-state index contributed by atoms with van der Waals surface area (Å²) in [4.78, 5) is 31.3. The maximum Gasteiger partial charge on any atom is 0.321 e. The number of nitrogens with one attached hydrogen (secondary N) is 1. The molecule has 0 aliphatic carbocycles. The van der Waals surface area contributed by atoms with Crippen LogP contribution in [0.3, 0.4) is 0 Å². The maximum absolute atomic E-state index is 12.5. The molecule has 0 saturated carbocycles. The van der Waals surface area contributed by atoms with Gasteiger partial charge in [0.1, 0.15) is 22.9 Å². The summed E-state index contributed by atoms with van der Waals surface area (Å²) in [7, 11) is 1.60. The zero-order chi connectivity index (χ0) is 25.3. The predicted octanol–water partition coefficient (Wildman–Crippen LogP) is 4.96. The third kappa shape index (κ3) is 6.55. The summed E-state index contributed by atoms with van der Waals surface area (Å²) in [5, 5.41) is 12.8. The van der Waals surface area contributed by atoms with E-state index in [1.807, 2.05) is 54.6 Å². The van der Waals surface area contributed by atoms with Crippen molar-refractivity contribution in [2.75, 3.05) is 31.3 Å². The largest absolute Gasteiger partial charge is 0.497 e. The molecule has 184 valence electrons. The molecule has 0 radical (unpaired) electrons. The summed E-state index contributed by atoms with van der Waals surface area (Å²) >= 11 is 1.18. The molecule has 4 rings (SSSR count). The number of aromatic nitrogens is 1. The Morgan fingerprint density at radius 1 is 1.11 bits per heavy atom. The van der Waals surface area contributed by atoms with Gasteiger partial charge in [0.05, 0.1) is 24.1 Å². The van der Waals surface area contributed by atoms with Gasteiger partial charge in [0.15, 0.2) is 0 Å². The molecule has 36 heavy (non-hydrogen) atoms. The van der Waals surface area contributed by atoms with E-state index < -0.39 is 0 Å². The van der Waals surface area contributed by atoms with Crippen LogP contribution in [0.25, 0.3) is 11.3 Å². The number of likely N-dealkylation sites (tertiary alicyclic amines) is 1. The van der Waals surface area contributed by atoms with E-state index in [2.05, 4.69) is 16.4 Å². The number of nitriles is 1. The maximum atomic E-state index is 12.5. The van der Waals surface area contributed by atoms with E-state index in [1.165, 1.54) is 11.8 Å². The zero-order valence-corrected chi connectivity index (χ0v) is 20.7. The first-order valence-electron chi connectivity index (χ1n) is 11.5. The fraction of sp³-hybridized carbons (Fsp3) is 0.259. The van der Waals surface area contributed by atoms with Crippen molar-refractivity contribution in [2.45, 2.75) is 24.0 Å². The second-order valence-electron chi connectivity index (χ2n) is 8.15. The molecule has 0 atom stereocenters. The Morgan fingerprint density at radius 2 is 1.89 bits per heavy atom. The molecule has 1 aliphatic heterocycles. The van der Waals surface area contributed by atoms with Crippen molar-refractivity contribution in [2.24, 2.45) is 0 Å². The first-order chi connectivity index (χ1) is 17.6. The van der Waals surface area contributed by atoms with Gasteiger partial charge in [0.25, 0.3) is 0 Å². The Kier molecular flexibility index (Phi) is 8.42. The number of para-hydroxylation sites is 1. The van der Waals surface area contributed by atoms with Crippen LogP contribution in [0.15, 0.2) is 71.8 Å². The van der Waals surface area contributed by atoms with Gasteiger partial charge in [0.2, 0.25) is 0 Å². The van der Waals surface area contributed by atoms with Gasteiger partial charge >= 0.3 is 12.0 Å². The van der Waals surface area contributed by atoms with Crippen molar-refractivity contribution in [1.29, 1.82) is 5.26 Å². The molecule has 0 unspecified atom stereocenters. The Hall–Kier alpha value is -4.03. The zero-order valence-electron chi connectivity index (χ0n) is 19.8. The molecule has 0 spiro atoms. The number of piperidine rings is 1. The molecule has 1 fully saturated rings. The summed E-state index contributed by atoms with van der Waals surface area (Å²) < 4.78 is 10.9. The highest BCUT2D eigenvalue weighted by molar-refractivity contribution is 7.99. The average Bonchev–Trinajstić information content (AvgIpc) is 2.92. The minimum absolute atomic E-state index is 0.0396. The lowest BCUT2D eigenvalue weighted by Gasteiger charge is -2.31. The van der Waals surface area contributed by atoms with Crippen LogP contribution in [-0.4, -0.2) is 53.9 Å². The van der Waals surface area contributed by atoms with E-state index in [0.717, 1.165) is 11.3 Å². The molecule has 2 aromatic carbocycles. The number of amides is 2. The van der Waals surface area contributed by atoms with Crippen molar-refractivity contribution in [3.05, 3.63) is 72.3 Å². The van der Waals surface area contributed by atoms with E-state index in [9.17, 15) is 14.9 Å². The van der Waals surface area contributed by atoms with Gasteiger partial charge in [-0.25, -0.2) is 9.78 Å². The van der Waals surface area contributed by atoms with Crippen LogP contribution in [0, 0.1) is 11.3 Å². The molecule has 8 nitrogen and oxygen atoms in total. The van der Waals surface area contributed by atoms with Gasteiger partial charge in [-0.2, -0.15) is 5.26 Å². The SMILES string of the molecule is COc1cccc(-c2ccc(C#N)c(SCC(=O)OC3CCN(C(=O)Nc4ccccc4)CC3)n2)c1. The molecule has 9 heteroatoms. The van der Waals surface area contributed by atoms with Gasteiger partial charge in [-0.15, -0.1) is 0 Å². The van der Waals surface area contributed by atoms with Crippen molar-refractivity contribution in [3.63, 3.8) is 0 Å². The van der Waals surface area contributed by atoms with Crippen molar-refractivity contribution >= 4 is 29.4 Å². The van der Waals surface area contributed by atoms with Crippen LogP contribution in [0.4, 0.5) is 10.5 Å². The molecule has 2 heterocycles. The Morgan fingerprint density at radius 3 is 2.61 bits per heavy atom. The second-order valence-corrected chi connectivity index (χ2v) is 9.12. The number of rotatable bonds is 7. The number of pyridine rings is 1. The van der Waals surface area contributed by atoms with Gasteiger partial charge in [-0.3, -0.25) is 4.79 Å². The number of ether oxygens (including phenoxy) is 2. The van der Waals surface area contributed by atoms with Gasteiger partial charge in [-0.1, -0.05) is 42.1 Å². The van der Waals surface area contributed by atoms with Crippen LogP contribution < -0.4 is 10.1 Å². The number of benzene rings is 2. The summed E-state index contributed by atoms with van der Waals surface area (Å²) in [6.45, 7) is 1.01. The first-order valence-corrected chi connectivity index (χ1v) is 12.5. The number of anilines is 1. The lowest BCUT2D eigenvalue weighted by atomic mass is 10.1. The fourth-order valence-corrected chi connectivity index (χ4v) is 4.58.